The van der Waals surface area contributed by atoms with Gasteiger partial charge >= 0.3 is 6.01 Å². The minimum Gasteiger partial charge on any atom is -0.508 e. The molecule has 2 aromatic carbocycles. The van der Waals surface area contributed by atoms with Crippen LogP contribution in [0, 0.1) is 23.7 Å². The summed E-state index contributed by atoms with van der Waals surface area (Å²) >= 11 is 0. The van der Waals surface area contributed by atoms with Crippen LogP contribution in [0.15, 0.2) is 30.3 Å². The largest absolute Gasteiger partial charge is 0.508 e. The van der Waals surface area contributed by atoms with Gasteiger partial charge in [-0.05, 0) is 61.6 Å². The highest BCUT2D eigenvalue weighted by Crippen LogP contribution is 2.47. The number of fused-ring (bicyclic) bond motifs is 2. The minimum absolute atomic E-state index is 0.0342. The maximum atomic E-state index is 14.1. The van der Waals surface area contributed by atoms with Gasteiger partial charge in [0.15, 0.2) is 0 Å². The van der Waals surface area contributed by atoms with Crippen LogP contribution in [0.25, 0.3) is 10.8 Å². The number of piperidine rings is 1. The third kappa shape index (κ3) is 5.81. The molecule has 1 atom stereocenters. The first-order valence-corrected chi connectivity index (χ1v) is 16.0. The van der Waals surface area contributed by atoms with E-state index in [0.717, 1.165) is 94.1 Å². The Labute approximate surface area is 259 Å². The fourth-order valence-corrected chi connectivity index (χ4v) is 7.11. The first-order chi connectivity index (χ1) is 21.4. The fraction of sp³-hybridized carbons (Fsp3) is 0.514. The number of benzene rings is 2. The molecule has 3 aliphatic heterocycles. The third-order valence-corrected chi connectivity index (χ3v) is 9.67. The van der Waals surface area contributed by atoms with Crippen molar-refractivity contribution in [2.75, 3.05) is 57.4 Å². The Morgan fingerprint density at radius 3 is 2.86 bits per heavy atom. The second-order valence-corrected chi connectivity index (χ2v) is 13.2. The van der Waals surface area contributed by atoms with Crippen LogP contribution in [0.4, 0.5) is 5.82 Å². The van der Waals surface area contributed by atoms with Gasteiger partial charge in [0, 0.05) is 61.3 Å². The summed E-state index contributed by atoms with van der Waals surface area (Å²) in [6.07, 6.45) is 11.5. The van der Waals surface area contributed by atoms with E-state index in [1.165, 1.54) is 12.5 Å². The van der Waals surface area contributed by atoms with Gasteiger partial charge in [-0.2, -0.15) is 9.97 Å². The zero-order valence-electron chi connectivity index (χ0n) is 25.6. The van der Waals surface area contributed by atoms with E-state index in [1.54, 1.807) is 11.0 Å². The van der Waals surface area contributed by atoms with E-state index < -0.39 is 0 Å². The third-order valence-electron chi connectivity index (χ3n) is 9.67. The van der Waals surface area contributed by atoms with Crippen molar-refractivity contribution in [3.05, 3.63) is 52.7 Å². The van der Waals surface area contributed by atoms with Gasteiger partial charge in [-0.15, -0.1) is 6.42 Å². The topological polar surface area (TPSA) is 91.3 Å². The van der Waals surface area contributed by atoms with E-state index in [0.29, 0.717) is 48.1 Å². The Balaban J connectivity index is 1.16. The molecule has 9 heteroatoms. The number of carbonyl (C=O) groups excluding carboxylic acids is 1. The van der Waals surface area contributed by atoms with E-state index in [4.69, 9.17) is 25.9 Å². The van der Waals surface area contributed by atoms with Crippen molar-refractivity contribution < 1.29 is 19.4 Å². The minimum atomic E-state index is -0.189. The number of rotatable bonds is 7. The lowest BCUT2D eigenvalue weighted by Crippen LogP contribution is -2.36. The summed E-state index contributed by atoms with van der Waals surface area (Å²) in [6, 6.07) is 9.09. The first kappa shape index (κ1) is 28.9. The molecule has 44 heavy (non-hydrogen) atoms. The maximum absolute atomic E-state index is 14.1. The van der Waals surface area contributed by atoms with Crippen molar-refractivity contribution in [2.45, 2.75) is 52.1 Å². The number of phenolic OH excluding ortho intramolecular Hbond substituents is 1. The Morgan fingerprint density at radius 2 is 2.05 bits per heavy atom. The Morgan fingerprint density at radius 1 is 1.16 bits per heavy atom. The van der Waals surface area contributed by atoms with Gasteiger partial charge in [0.2, 0.25) is 0 Å². The van der Waals surface area contributed by atoms with Crippen molar-refractivity contribution in [3.63, 3.8) is 0 Å². The number of hydrogen-bond donors (Lipinski definition) is 1. The van der Waals surface area contributed by atoms with Crippen LogP contribution in [0.5, 0.6) is 11.8 Å². The number of hydrogen-bond acceptors (Lipinski definition) is 8. The Kier molecular flexibility index (Phi) is 7.81. The van der Waals surface area contributed by atoms with E-state index in [2.05, 4.69) is 22.6 Å². The lowest BCUT2D eigenvalue weighted by atomic mass is 9.98. The number of nitrogens with zero attached hydrogens (tertiary/aromatic N) is 5. The quantitative estimate of drug-likeness (QED) is 0.397. The van der Waals surface area contributed by atoms with Crippen LogP contribution in [-0.2, 0) is 17.8 Å². The van der Waals surface area contributed by atoms with E-state index >= 15 is 0 Å². The molecular formula is C35H41N5O4. The molecule has 1 N–H and O–H groups in total. The van der Waals surface area contributed by atoms with Gasteiger partial charge in [-0.3, -0.25) is 4.79 Å². The Bertz CT molecular complexity index is 1600. The lowest BCUT2D eigenvalue weighted by Gasteiger charge is -2.33. The molecule has 9 nitrogen and oxygen atoms in total. The highest BCUT2D eigenvalue weighted by molar-refractivity contribution is 6.09. The summed E-state index contributed by atoms with van der Waals surface area (Å²) in [7, 11) is 0. The molecule has 1 unspecified atom stereocenters. The SMILES string of the molecule is C#Cc1cccc2cc(O)cc(C(=O)N3Cc4nc(OCC5(CN6CCCOCC6)CC5)nc(N5CCCC(C)C5)c4C3)c12. The lowest BCUT2D eigenvalue weighted by molar-refractivity contribution is 0.0752. The smallest absolute Gasteiger partial charge is 0.318 e. The summed E-state index contributed by atoms with van der Waals surface area (Å²) < 4.78 is 12.1. The first-order valence-electron chi connectivity index (χ1n) is 16.0. The molecule has 4 aliphatic rings. The predicted octanol–water partition coefficient (Wildman–Crippen LogP) is 4.59. The van der Waals surface area contributed by atoms with Crippen LogP contribution in [0.1, 0.15) is 66.2 Å². The summed E-state index contributed by atoms with van der Waals surface area (Å²) in [4.78, 5) is 30.6. The number of terminal acetylenes is 1. The molecule has 0 spiro atoms. The molecule has 2 saturated heterocycles. The molecule has 1 aromatic heterocycles. The monoisotopic (exact) mass is 595 g/mol. The van der Waals surface area contributed by atoms with Gasteiger partial charge < -0.3 is 29.3 Å². The maximum Gasteiger partial charge on any atom is 0.318 e. The molecule has 3 aromatic rings. The number of aromatic nitrogens is 2. The van der Waals surface area contributed by atoms with Gasteiger partial charge in [-0.25, -0.2) is 0 Å². The Hall–Kier alpha value is -3.87. The van der Waals surface area contributed by atoms with Crippen molar-refractivity contribution in [1.82, 2.24) is 19.8 Å². The molecule has 7 rings (SSSR count). The fourth-order valence-electron chi connectivity index (χ4n) is 7.11. The van der Waals surface area contributed by atoms with Crippen LogP contribution >= 0.6 is 0 Å². The number of amides is 1. The summed E-state index contributed by atoms with van der Waals surface area (Å²) in [5.74, 6) is 4.00. The number of aromatic hydroxyl groups is 1. The molecule has 0 bridgehead atoms. The van der Waals surface area contributed by atoms with Gasteiger partial charge in [0.1, 0.15) is 11.6 Å². The predicted molar refractivity (Wildman–Crippen MR) is 169 cm³/mol. The van der Waals surface area contributed by atoms with Crippen LogP contribution in [-0.4, -0.2) is 83.3 Å². The van der Waals surface area contributed by atoms with Crippen LogP contribution < -0.4 is 9.64 Å². The molecular weight excluding hydrogens is 554 g/mol. The summed E-state index contributed by atoms with van der Waals surface area (Å²) in [5.41, 5.74) is 2.97. The highest BCUT2D eigenvalue weighted by Gasteiger charge is 2.45. The standard InChI is InChI=1S/C35H41N5O4/c1-3-25-8-4-9-26-17-27(41)18-28(31(25)26)33(42)40-20-29-30(21-40)36-34(37-32(29)39-13-5-7-24(2)19-39)44-23-35(10-11-35)22-38-12-6-15-43-16-14-38/h1,4,8-9,17-18,24,41H,5-7,10-16,19-23H2,2H3. The molecule has 3 fully saturated rings. The number of anilines is 1. The number of carbonyl (C=O) groups is 1. The molecule has 1 amide bonds. The van der Waals surface area contributed by atoms with Gasteiger partial charge in [0.25, 0.3) is 5.91 Å². The van der Waals surface area contributed by atoms with Crippen molar-refractivity contribution in [3.8, 4) is 24.1 Å². The van der Waals surface area contributed by atoms with Gasteiger partial charge in [0.05, 0.1) is 37.6 Å². The highest BCUT2D eigenvalue weighted by atomic mass is 16.5. The zero-order valence-corrected chi connectivity index (χ0v) is 25.6. The van der Waals surface area contributed by atoms with E-state index in [-0.39, 0.29) is 17.1 Å². The average molecular weight is 596 g/mol. The summed E-state index contributed by atoms with van der Waals surface area (Å²) in [6.45, 7) is 10.1. The van der Waals surface area contributed by atoms with Crippen molar-refractivity contribution in [1.29, 1.82) is 0 Å². The van der Waals surface area contributed by atoms with Crippen molar-refractivity contribution >= 4 is 22.5 Å². The second kappa shape index (κ2) is 11.9. The second-order valence-electron chi connectivity index (χ2n) is 13.2. The summed E-state index contributed by atoms with van der Waals surface area (Å²) in [5, 5.41) is 11.9. The van der Waals surface area contributed by atoms with E-state index in [9.17, 15) is 9.90 Å². The molecule has 1 aliphatic carbocycles. The zero-order chi connectivity index (χ0) is 30.3. The van der Waals surface area contributed by atoms with Gasteiger partial charge in [-0.1, -0.05) is 25.0 Å². The molecule has 230 valence electrons. The van der Waals surface area contributed by atoms with Crippen LogP contribution in [0.2, 0.25) is 0 Å². The van der Waals surface area contributed by atoms with Crippen molar-refractivity contribution in [2.24, 2.45) is 11.3 Å². The van der Waals surface area contributed by atoms with Crippen LogP contribution in [0.3, 0.4) is 0 Å². The number of phenols is 1. The molecule has 4 heterocycles. The average Bonchev–Trinajstić information content (AvgIpc) is 3.73. The molecule has 0 radical (unpaired) electrons. The normalized spacial score (nSPS) is 21.5. The number of ether oxygens (including phenoxy) is 2. The van der Waals surface area contributed by atoms with E-state index in [1.807, 2.05) is 18.2 Å². The molecule has 1 saturated carbocycles.